The minimum Gasteiger partial charge on any atom is -0.490 e. The number of amides is 2. The first kappa shape index (κ1) is 20.0. The molecule has 1 rings (SSSR count). The van der Waals surface area contributed by atoms with Crippen molar-refractivity contribution in [3.63, 3.8) is 0 Å². The van der Waals surface area contributed by atoms with E-state index in [-0.39, 0.29) is 12.6 Å². The molecular formula is C16H26IN3O3. The fourth-order valence-electron chi connectivity index (χ4n) is 1.73. The second-order valence-corrected chi connectivity index (χ2v) is 6.72. The van der Waals surface area contributed by atoms with Crippen LogP contribution in [0.2, 0.25) is 0 Å². The minimum atomic E-state index is -0.564. The maximum atomic E-state index is 11.6. The Morgan fingerprint density at radius 2 is 2.13 bits per heavy atom. The largest absolute Gasteiger partial charge is 0.490 e. The van der Waals surface area contributed by atoms with Crippen molar-refractivity contribution in [3.8, 4) is 5.75 Å². The molecule has 7 heteroatoms. The van der Waals surface area contributed by atoms with E-state index in [1.165, 1.54) is 0 Å². The number of aliphatic hydroxyl groups excluding tert-OH is 1. The van der Waals surface area contributed by atoms with Crippen LogP contribution in [0.25, 0.3) is 0 Å². The summed E-state index contributed by atoms with van der Waals surface area (Å²) in [6.07, 6.45) is 0.331. The maximum Gasteiger partial charge on any atom is 0.319 e. The molecule has 0 bridgehead atoms. The fourth-order valence-corrected chi connectivity index (χ4v) is 2.40. The molecule has 0 aliphatic carbocycles. The number of aliphatic hydroxyl groups is 1. The first-order chi connectivity index (χ1) is 10.9. The van der Waals surface area contributed by atoms with Gasteiger partial charge < -0.3 is 25.8 Å². The quantitative estimate of drug-likeness (QED) is 0.450. The third-order valence-corrected chi connectivity index (χ3v) is 3.76. The van der Waals surface area contributed by atoms with Crippen LogP contribution in [0, 0.1) is 3.57 Å². The molecule has 23 heavy (non-hydrogen) atoms. The summed E-state index contributed by atoms with van der Waals surface area (Å²) in [5.74, 6) is 0.689. The SMILES string of the molecule is CCCNC(=O)Nc1ccc(OC[C@H](O)CNC(C)C)c(I)c1. The van der Waals surface area contributed by atoms with Gasteiger partial charge in [-0.3, -0.25) is 0 Å². The first-order valence-electron chi connectivity index (χ1n) is 7.81. The average molecular weight is 435 g/mol. The summed E-state index contributed by atoms with van der Waals surface area (Å²) in [4.78, 5) is 11.6. The third-order valence-electron chi connectivity index (χ3n) is 2.92. The summed E-state index contributed by atoms with van der Waals surface area (Å²) in [6, 6.07) is 5.52. The molecule has 1 aromatic carbocycles. The molecule has 0 heterocycles. The monoisotopic (exact) mass is 435 g/mol. The van der Waals surface area contributed by atoms with Gasteiger partial charge in [0.2, 0.25) is 0 Å². The molecule has 0 aromatic heterocycles. The van der Waals surface area contributed by atoms with Gasteiger partial charge in [0.15, 0.2) is 0 Å². The molecule has 2 amide bonds. The molecule has 0 fully saturated rings. The second-order valence-electron chi connectivity index (χ2n) is 5.55. The van der Waals surface area contributed by atoms with Gasteiger partial charge >= 0.3 is 6.03 Å². The number of hydrogen-bond acceptors (Lipinski definition) is 4. The van der Waals surface area contributed by atoms with Gasteiger partial charge in [0.1, 0.15) is 18.5 Å². The normalized spacial score (nSPS) is 12.1. The van der Waals surface area contributed by atoms with Gasteiger partial charge in [-0.15, -0.1) is 0 Å². The lowest BCUT2D eigenvalue weighted by atomic mass is 10.3. The Balaban J connectivity index is 2.48. The van der Waals surface area contributed by atoms with E-state index in [0.29, 0.717) is 30.6 Å². The van der Waals surface area contributed by atoms with E-state index in [1.807, 2.05) is 26.8 Å². The lowest BCUT2D eigenvalue weighted by Gasteiger charge is -2.16. The van der Waals surface area contributed by atoms with Crippen molar-refractivity contribution in [3.05, 3.63) is 21.8 Å². The summed E-state index contributed by atoms with van der Waals surface area (Å²) in [5, 5.41) is 18.5. The van der Waals surface area contributed by atoms with Crippen molar-refractivity contribution in [1.29, 1.82) is 0 Å². The minimum absolute atomic E-state index is 0.216. The molecule has 4 N–H and O–H groups in total. The Bertz CT molecular complexity index is 497. The van der Waals surface area contributed by atoms with Crippen LogP contribution in [0.15, 0.2) is 18.2 Å². The maximum absolute atomic E-state index is 11.6. The zero-order valence-electron chi connectivity index (χ0n) is 13.9. The highest BCUT2D eigenvalue weighted by molar-refractivity contribution is 14.1. The van der Waals surface area contributed by atoms with Crippen LogP contribution in [0.5, 0.6) is 5.75 Å². The molecule has 0 unspecified atom stereocenters. The Morgan fingerprint density at radius 1 is 1.39 bits per heavy atom. The molecule has 0 saturated heterocycles. The molecule has 0 aliphatic heterocycles. The van der Waals surface area contributed by atoms with E-state index >= 15 is 0 Å². The number of carbonyl (C=O) groups is 1. The molecule has 6 nitrogen and oxygen atoms in total. The Labute approximate surface area is 151 Å². The van der Waals surface area contributed by atoms with Gasteiger partial charge in [0, 0.05) is 24.8 Å². The highest BCUT2D eigenvalue weighted by Gasteiger charge is 2.09. The van der Waals surface area contributed by atoms with E-state index in [2.05, 4.69) is 38.5 Å². The zero-order chi connectivity index (χ0) is 17.2. The second kappa shape index (κ2) is 10.7. The number of ether oxygens (including phenoxy) is 1. The van der Waals surface area contributed by atoms with E-state index in [9.17, 15) is 9.90 Å². The number of benzene rings is 1. The van der Waals surface area contributed by atoms with Gasteiger partial charge in [-0.05, 0) is 47.2 Å². The Kier molecular flexibility index (Phi) is 9.27. The predicted octanol–water partition coefficient (Wildman–Crippen LogP) is 2.56. The lowest BCUT2D eigenvalue weighted by Crippen LogP contribution is -2.35. The van der Waals surface area contributed by atoms with Crippen LogP contribution in [0.3, 0.4) is 0 Å². The van der Waals surface area contributed by atoms with Crippen LogP contribution >= 0.6 is 22.6 Å². The van der Waals surface area contributed by atoms with Gasteiger partial charge in [-0.2, -0.15) is 0 Å². The van der Waals surface area contributed by atoms with Crippen molar-refractivity contribution in [2.75, 3.05) is 25.0 Å². The summed E-state index contributed by atoms with van der Waals surface area (Å²) >= 11 is 2.15. The van der Waals surface area contributed by atoms with Crippen molar-refractivity contribution in [2.45, 2.75) is 39.3 Å². The highest BCUT2D eigenvalue weighted by atomic mass is 127. The van der Waals surface area contributed by atoms with Gasteiger partial charge in [0.05, 0.1) is 3.57 Å². The molecule has 0 radical (unpaired) electrons. The van der Waals surface area contributed by atoms with E-state index in [4.69, 9.17) is 4.74 Å². The smallest absolute Gasteiger partial charge is 0.319 e. The first-order valence-corrected chi connectivity index (χ1v) is 8.88. The third kappa shape index (κ3) is 8.38. The number of carbonyl (C=O) groups excluding carboxylic acids is 1. The molecule has 0 saturated carbocycles. The van der Waals surface area contributed by atoms with Crippen LogP contribution < -0.4 is 20.7 Å². The Hall–Kier alpha value is -1.06. The van der Waals surface area contributed by atoms with E-state index in [1.54, 1.807) is 12.1 Å². The number of anilines is 1. The number of rotatable bonds is 9. The van der Waals surface area contributed by atoms with Gasteiger partial charge in [-0.25, -0.2) is 4.79 Å². The van der Waals surface area contributed by atoms with Crippen LogP contribution in [-0.4, -0.2) is 43.0 Å². The van der Waals surface area contributed by atoms with E-state index in [0.717, 1.165) is 9.99 Å². The summed E-state index contributed by atoms with van der Waals surface area (Å²) in [5.41, 5.74) is 0.706. The van der Waals surface area contributed by atoms with Gasteiger partial charge in [0.25, 0.3) is 0 Å². The molecule has 1 atom stereocenters. The van der Waals surface area contributed by atoms with Crippen molar-refractivity contribution in [2.24, 2.45) is 0 Å². The number of hydrogen-bond donors (Lipinski definition) is 4. The molecule has 130 valence electrons. The zero-order valence-corrected chi connectivity index (χ0v) is 16.0. The molecule has 0 aliphatic rings. The van der Waals surface area contributed by atoms with Crippen molar-refractivity contribution >= 4 is 34.3 Å². The van der Waals surface area contributed by atoms with Gasteiger partial charge in [-0.1, -0.05) is 20.8 Å². The van der Waals surface area contributed by atoms with Crippen LogP contribution in [0.1, 0.15) is 27.2 Å². The standard InChI is InChI=1S/C16H26IN3O3/c1-4-7-18-16(22)20-12-5-6-15(14(17)8-12)23-10-13(21)9-19-11(2)3/h5-6,8,11,13,19,21H,4,7,9-10H2,1-3H3,(H2,18,20,22)/t13-/m1/s1. The van der Waals surface area contributed by atoms with Crippen LogP contribution in [0.4, 0.5) is 10.5 Å². The Morgan fingerprint density at radius 3 is 2.74 bits per heavy atom. The topological polar surface area (TPSA) is 82.6 Å². The number of urea groups is 1. The predicted molar refractivity (Wildman–Crippen MR) is 101 cm³/mol. The van der Waals surface area contributed by atoms with Crippen LogP contribution in [-0.2, 0) is 0 Å². The fraction of sp³-hybridized carbons (Fsp3) is 0.562. The van der Waals surface area contributed by atoms with E-state index < -0.39 is 6.10 Å². The number of halogens is 1. The number of nitrogens with one attached hydrogen (secondary N) is 3. The lowest BCUT2D eigenvalue weighted by molar-refractivity contribution is 0.104. The summed E-state index contributed by atoms with van der Waals surface area (Å²) in [6.45, 7) is 7.41. The average Bonchev–Trinajstić information content (AvgIpc) is 2.50. The van der Waals surface area contributed by atoms with Crippen molar-refractivity contribution < 1.29 is 14.6 Å². The summed E-state index contributed by atoms with van der Waals surface area (Å²) < 4.78 is 6.50. The van der Waals surface area contributed by atoms with Crippen molar-refractivity contribution in [1.82, 2.24) is 10.6 Å². The molecule has 1 aromatic rings. The summed E-state index contributed by atoms with van der Waals surface area (Å²) in [7, 11) is 0. The molecular weight excluding hydrogens is 409 g/mol. The highest BCUT2D eigenvalue weighted by Crippen LogP contribution is 2.24. The molecule has 0 spiro atoms.